The van der Waals surface area contributed by atoms with Gasteiger partial charge in [-0.05, 0) is 110 Å². The van der Waals surface area contributed by atoms with Gasteiger partial charge in [-0.15, -0.1) is 0 Å². The van der Waals surface area contributed by atoms with E-state index in [-0.39, 0.29) is 12.8 Å². The van der Waals surface area contributed by atoms with Crippen LogP contribution < -0.4 is 16.2 Å². The van der Waals surface area contributed by atoms with Crippen LogP contribution in [0.5, 0.6) is 5.75 Å². The Morgan fingerprint density at radius 1 is 0.971 bits per heavy atom. The first-order valence-electron chi connectivity index (χ1n) is 13.5. The Balaban J connectivity index is 1.41. The van der Waals surface area contributed by atoms with E-state index in [1.807, 2.05) is 6.07 Å². The molecule has 2 fully saturated rings. The van der Waals surface area contributed by atoms with Gasteiger partial charge in [0.1, 0.15) is 11.9 Å². The highest BCUT2D eigenvalue weighted by Gasteiger charge is 2.28. The number of fused-ring (bicyclic) bond motifs is 1. The summed E-state index contributed by atoms with van der Waals surface area (Å²) < 4.78 is 18.8. The van der Waals surface area contributed by atoms with Crippen LogP contribution in [0.25, 0.3) is 5.57 Å². The van der Waals surface area contributed by atoms with Crippen molar-refractivity contribution in [1.29, 1.82) is 0 Å². The maximum absolute atomic E-state index is 12.5. The number of hydrogen-bond donors (Lipinski definition) is 2. The van der Waals surface area contributed by atoms with Crippen molar-refractivity contribution in [2.75, 3.05) is 32.0 Å². The van der Waals surface area contributed by atoms with Crippen LogP contribution in [0.4, 0.5) is 10.1 Å². The van der Waals surface area contributed by atoms with Gasteiger partial charge in [-0.3, -0.25) is 9.29 Å². The van der Waals surface area contributed by atoms with Crippen molar-refractivity contribution in [3.8, 4) is 5.75 Å². The van der Waals surface area contributed by atoms with Crippen molar-refractivity contribution in [2.24, 2.45) is 11.7 Å². The van der Waals surface area contributed by atoms with Gasteiger partial charge in [-0.25, -0.2) is 0 Å². The average molecular weight is 478 g/mol. The highest BCUT2D eigenvalue weighted by Crippen LogP contribution is 2.43. The molecule has 2 aromatic rings. The predicted octanol–water partition coefficient (Wildman–Crippen LogP) is 5.74. The Labute approximate surface area is 209 Å². The number of alkyl halides is 1. The summed E-state index contributed by atoms with van der Waals surface area (Å²) in [7, 11) is 0. The lowest BCUT2D eigenvalue weighted by Gasteiger charge is -2.30. The molecule has 0 aromatic heterocycles. The molecular formula is C30H40FN3O. The van der Waals surface area contributed by atoms with Crippen molar-refractivity contribution in [3.05, 3.63) is 64.7 Å². The number of aryl methyl sites for hydroxylation is 1. The normalized spacial score (nSPS) is 25.4. The first-order chi connectivity index (χ1) is 17.1. The Morgan fingerprint density at radius 3 is 2.54 bits per heavy atom. The zero-order valence-corrected chi connectivity index (χ0v) is 20.9. The molecule has 0 radical (unpaired) electrons. The lowest BCUT2D eigenvalue weighted by atomic mass is 9.77. The van der Waals surface area contributed by atoms with Crippen LogP contribution in [0.15, 0.2) is 48.0 Å². The molecule has 5 heteroatoms. The second-order valence-electron chi connectivity index (χ2n) is 10.7. The van der Waals surface area contributed by atoms with Crippen molar-refractivity contribution in [1.82, 2.24) is 4.90 Å². The Hall–Kier alpha value is -2.37. The molecule has 1 saturated heterocycles. The van der Waals surface area contributed by atoms with Crippen LogP contribution in [0.2, 0.25) is 0 Å². The zero-order chi connectivity index (χ0) is 24.2. The fourth-order valence-corrected chi connectivity index (χ4v) is 6.32. The number of hydrogen-bond acceptors (Lipinski definition) is 4. The molecule has 2 aliphatic carbocycles. The van der Waals surface area contributed by atoms with Crippen LogP contribution in [-0.4, -0.2) is 43.4 Å². The minimum Gasteiger partial charge on any atom is -0.489 e. The first-order valence-corrected chi connectivity index (χ1v) is 13.5. The molecule has 4 N–H and O–H groups in total. The van der Waals surface area contributed by atoms with Gasteiger partial charge in [0.05, 0.1) is 6.67 Å². The van der Waals surface area contributed by atoms with E-state index in [2.05, 4.69) is 41.3 Å². The molecule has 1 heterocycles. The summed E-state index contributed by atoms with van der Waals surface area (Å²) in [6.07, 6.45) is 9.78. The maximum Gasteiger partial charge on any atom is 0.119 e. The lowest BCUT2D eigenvalue weighted by molar-refractivity contribution is 0.198. The molecule has 1 aliphatic heterocycles. The second kappa shape index (κ2) is 11.1. The molecule has 0 amide bonds. The molecular weight excluding hydrogens is 437 g/mol. The highest BCUT2D eigenvalue weighted by molar-refractivity contribution is 5.85. The number of likely N-dealkylation sites (tertiary alicyclic amines) is 1. The van der Waals surface area contributed by atoms with E-state index >= 15 is 0 Å². The molecule has 1 unspecified atom stereocenters. The molecule has 0 spiro atoms. The molecule has 5 rings (SSSR count). The van der Waals surface area contributed by atoms with Gasteiger partial charge in [0, 0.05) is 31.4 Å². The molecule has 188 valence electrons. The SMILES string of the molecule is Nc1ccc2c(c1)CCCC(C1CCC(N)CC1)=C2c1ccc(OC2CCN(CCCF)C2)cc1. The quantitative estimate of drug-likeness (QED) is 0.499. The molecule has 1 saturated carbocycles. The van der Waals surface area contributed by atoms with Gasteiger partial charge in [-0.2, -0.15) is 0 Å². The number of benzene rings is 2. The number of nitrogens with zero attached hydrogens (tertiary/aromatic N) is 1. The van der Waals surface area contributed by atoms with E-state index in [0.717, 1.165) is 63.2 Å². The Morgan fingerprint density at radius 2 is 1.77 bits per heavy atom. The van der Waals surface area contributed by atoms with Crippen LogP contribution >= 0.6 is 0 Å². The fourth-order valence-electron chi connectivity index (χ4n) is 6.32. The van der Waals surface area contributed by atoms with Gasteiger partial charge in [0.2, 0.25) is 0 Å². The Bertz CT molecular complexity index is 1030. The molecule has 4 nitrogen and oxygen atoms in total. The predicted molar refractivity (Wildman–Crippen MR) is 142 cm³/mol. The number of ether oxygens (including phenoxy) is 1. The number of nitrogens with two attached hydrogens (primary N) is 2. The summed E-state index contributed by atoms with van der Waals surface area (Å²) in [5, 5.41) is 0. The van der Waals surface area contributed by atoms with Crippen LogP contribution in [0, 0.1) is 5.92 Å². The summed E-state index contributed by atoms with van der Waals surface area (Å²) in [5.41, 5.74) is 20.3. The van der Waals surface area contributed by atoms with Gasteiger partial charge in [-0.1, -0.05) is 23.8 Å². The van der Waals surface area contributed by atoms with E-state index in [1.165, 1.54) is 41.5 Å². The van der Waals surface area contributed by atoms with Gasteiger partial charge in [0.25, 0.3) is 0 Å². The summed E-state index contributed by atoms with van der Waals surface area (Å²) in [5.74, 6) is 1.53. The third kappa shape index (κ3) is 5.73. The van der Waals surface area contributed by atoms with Gasteiger partial charge < -0.3 is 16.2 Å². The summed E-state index contributed by atoms with van der Waals surface area (Å²) in [4.78, 5) is 2.31. The van der Waals surface area contributed by atoms with E-state index in [9.17, 15) is 4.39 Å². The van der Waals surface area contributed by atoms with Crippen molar-refractivity contribution in [2.45, 2.75) is 69.9 Å². The summed E-state index contributed by atoms with van der Waals surface area (Å²) in [6.45, 7) is 2.45. The van der Waals surface area contributed by atoms with Gasteiger partial charge in [0.15, 0.2) is 0 Å². The number of allylic oxidation sites excluding steroid dienone is 1. The molecule has 3 aliphatic rings. The maximum atomic E-state index is 12.5. The van der Waals surface area contributed by atoms with E-state index in [0.29, 0.717) is 18.4 Å². The van der Waals surface area contributed by atoms with Gasteiger partial charge >= 0.3 is 0 Å². The smallest absolute Gasteiger partial charge is 0.119 e. The summed E-state index contributed by atoms with van der Waals surface area (Å²) >= 11 is 0. The number of halogens is 1. The van der Waals surface area contributed by atoms with Crippen molar-refractivity contribution in [3.63, 3.8) is 0 Å². The molecule has 0 bridgehead atoms. The molecule has 1 atom stereocenters. The monoisotopic (exact) mass is 477 g/mol. The highest BCUT2D eigenvalue weighted by atomic mass is 19.1. The minimum absolute atomic E-state index is 0.184. The van der Waals surface area contributed by atoms with E-state index < -0.39 is 0 Å². The third-order valence-corrected chi connectivity index (χ3v) is 8.16. The average Bonchev–Trinajstić information content (AvgIpc) is 3.22. The van der Waals surface area contributed by atoms with Crippen molar-refractivity contribution >= 4 is 11.3 Å². The fraction of sp³-hybridized carbons (Fsp3) is 0.533. The van der Waals surface area contributed by atoms with Crippen LogP contribution in [0.3, 0.4) is 0 Å². The molecule has 35 heavy (non-hydrogen) atoms. The van der Waals surface area contributed by atoms with E-state index in [1.54, 1.807) is 5.57 Å². The standard InChI is InChI=1S/C30H40FN3O/c31-16-2-17-34-18-15-27(20-34)35-26-12-7-22(8-13-26)30-28(21-5-9-24(32)10-6-21)4-1-3-23-19-25(33)11-14-29(23)30/h7-8,11-14,19,21,24,27H,1-6,9-10,15-18,20,32-33H2. The number of nitrogen functional groups attached to an aromatic ring is 1. The Kier molecular flexibility index (Phi) is 7.74. The minimum atomic E-state index is -0.245. The van der Waals surface area contributed by atoms with Crippen LogP contribution in [-0.2, 0) is 6.42 Å². The zero-order valence-electron chi connectivity index (χ0n) is 20.9. The van der Waals surface area contributed by atoms with Crippen LogP contribution in [0.1, 0.15) is 68.1 Å². The lowest BCUT2D eigenvalue weighted by Crippen LogP contribution is -2.27. The third-order valence-electron chi connectivity index (χ3n) is 8.16. The largest absolute Gasteiger partial charge is 0.489 e. The first kappa shape index (κ1) is 24.3. The van der Waals surface area contributed by atoms with E-state index in [4.69, 9.17) is 16.2 Å². The second-order valence-corrected chi connectivity index (χ2v) is 10.7. The van der Waals surface area contributed by atoms with Crippen molar-refractivity contribution < 1.29 is 9.13 Å². The molecule has 2 aromatic carbocycles. The summed E-state index contributed by atoms with van der Waals surface area (Å²) in [6, 6.07) is 15.5. The number of anilines is 1. The number of rotatable bonds is 7. The topological polar surface area (TPSA) is 64.5 Å².